The van der Waals surface area contributed by atoms with Crippen LogP contribution in [0.15, 0.2) is 45.1 Å². The summed E-state index contributed by atoms with van der Waals surface area (Å²) < 4.78 is 40.8. The van der Waals surface area contributed by atoms with Crippen molar-refractivity contribution in [1.29, 1.82) is 0 Å². The van der Waals surface area contributed by atoms with Gasteiger partial charge >= 0.3 is 0 Å². The van der Waals surface area contributed by atoms with Gasteiger partial charge in [0.25, 0.3) is 5.91 Å². The monoisotopic (exact) mass is 526 g/mol. The Morgan fingerprint density at radius 2 is 1.95 bits per heavy atom. The molecule has 13 heteroatoms. The van der Waals surface area contributed by atoms with Crippen molar-refractivity contribution >= 4 is 17.8 Å². The number of rotatable bonds is 9. The molecule has 0 saturated carbocycles. The van der Waals surface area contributed by atoms with Crippen LogP contribution in [0.25, 0.3) is 0 Å². The minimum absolute atomic E-state index is 0.0318. The fourth-order valence-electron chi connectivity index (χ4n) is 4.18. The van der Waals surface area contributed by atoms with E-state index in [1.807, 2.05) is 0 Å². The van der Waals surface area contributed by atoms with Gasteiger partial charge < -0.3 is 33.4 Å². The van der Waals surface area contributed by atoms with Crippen LogP contribution in [-0.2, 0) is 17.9 Å². The van der Waals surface area contributed by atoms with E-state index in [-0.39, 0.29) is 30.2 Å². The molecule has 12 nitrogen and oxygen atoms in total. The first-order valence-electron chi connectivity index (χ1n) is 11.5. The van der Waals surface area contributed by atoms with Crippen LogP contribution in [0.1, 0.15) is 39.4 Å². The summed E-state index contributed by atoms with van der Waals surface area (Å²) in [5, 5.41) is 20.9. The molecule has 2 aliphatic heterocycles. The number of carbonyl (C=O) groups excluding carboxylic acids is 1. The maximum atomic E-state index is 13.3. The first-order chi connectivity index (χ1) is 18.5. The van der Waals surface area contributed by atoms with Crippen LogP contribution in [0.3, 0.4) is 0 Å². The zero-order chi connectivity index (χ0) is 26.6. The highest BCUT2D eigenvalue weighted by Gasteiger charge is 2.34. The van der Waals surface area contributed by atoms with Crippen molar-refractivity contribution < 1.29 is 42.6 Å². The van der Waals surface area contributed by atoms with Gasteiger partial charge in [-0.2, -0.15) is 5.10 Å². The zero-order valence-electron chi connectivity index (χ0n) is 20.4. The van der Waals surface area contributed by atoms with Crippen molar-refractivity contribution in [2.24, 2.45) is 10.3 Å². The third-order valence-electron chi connectivity index (χ3n) is 5.93. The molecule has 1 atom stereocenters. The molecule has 1 aromatic heterocycles. The number of aromatic nitrogens is 1. The van der Waals surface area contributed by atoms with Gasteiger partial charge in [0.15, 0.2) is 23.0 Å². The van der Waals surface area contributed by atoms with Gasteiger partial charge in [-0.15, -0.1) is 0 Å². The minimum Gasteiger partial charge on any atom is -0.492 e. The number of aliphatic hydroxyl groups is 1. The second kappa shape index (κ2) is 10.8. The Morgan fingerprint density at radius 3 is 2.63 bits per heavy atom. The summed E-state index contributed by atoms with van der Waals surface area (Å²) >= 11 is 0. The molecule has 0 unspecified atom stereocenters. The molecule has 5 rings (SSSR count). The molecular formula is C25H23FN4O8. The number of aliphatic hydroxyl groups excluding tert-OH is 1. The van der Waals surface area contributed by atoms with E-state index in [2.05, 4.69) is 20.8 Å². The maximum Gasteiger partial charge on any atom is 0.293 e. The van der Waals surface area contributed by atoms with E-state index in [0.717, 1.165) is 5.56 Å². The first-order valence-corrected chi connectivity index (χ1v) is 11.5. The van der Waals surface area contributed by atoms with Crippen LogP contribution in [0, 0.1) is 5.82 Å². The molecule has 198 valence electrons. The summed E-state index contributed by atoms with van der Waals surface area (Å²) in [6.07, 6.45) is 1.77. The first kappa shape index (κ1) is 25.0. The van der Waals surface area contributed by atoms with E-state index in [0.29, 0.717) is 52.7 Å². The van der Waals surface area contributed by atoms with Crippen molar-refractivity contribution in [3.05, 3.63) is 64.3 Å². The Morgan fingerprint density at radius 1 is 1.21 bits per heavy atom. The zero-order valence-corrected chi connectivity index (χ0v) is 20.4. The topological polar surface area (TPSA) is 146 Å². The molecule has 0 radical (unpaired) electrons. The maximum absolute atomic E-state index is 13.3. The Kier molecular flexibility index (Phi) is 7.09. The largest absolute Gasteiger partial charge is 0.492 e. The molecule has 0 aliphatic carbocycles. The molecule has 0 spiro atoms. The van der Waals surface area contributed by atoms with Crippen LogP contribution in [-0.4, -0.2) is 55.2 Å². The molecule has 0 bridgehead atoms. The smallest absolute Gasteiger partial charge is 0.293 e. The highest BCUT2D eigenvalue weighted by molar-refractivity contribution is 6.01. The number of hydrogen-bond donors (Lipinski definition) is 2. The second-order valence-electron chi connectivity index (χ2n) is 8.24. The third-order valence-corrected chi connectivity index (χ3v) is 5.93. The van der Waals surface area contributed by atoms with Gasteiger partial charge in [-0.3, -0.25) is 4.79 Å². The SMILES string of the molecule is COc1c(/C=N\NC(=O)c2cc(CO)on2)c(C[C@@H]2CC(c3ccc(F)cc3)=NO2)c(OC)c2c1OCO2. The van der Waals surface area contributed by atoms with Gasteiger partial charge in [0.1, 0.15) is 18.5 Å². The number of nitrogens with zero attached hydrogens (tertiary/aromatic N) is 3. The predicted molar refractivity (Wildman–Crippen MR) is 129 cm³/mol. The van der Waals surface area contributed by atoms with Crippen molar-refractivity contribution in [3.63, 3.8) is 0 Å². The molecular weight excluding hydrogens is 503 g/mol. The third kappa shape index (κ3) is 4.83. The van der Waals surface area contributed by atoms with E-state index < -0.39 is 12.5 Å². The highest BCUT2D eigenvalue weighted by atomic mass is 19.1. The number of benzene rings is 2. The molecule has 3 heterocycles. The fraction of sp³-hybridized carbons (Fsp3) is 0.280. The second-order valence-corrected chi connectivity index (χ2v) is 8.24. The minimum atomic E-state index is -0.644. The summed E-state index contributed by atoms with van der Waals surface area (Å²) in [5.41, 5.74) is 4.84. The molecule has 2 N–H and O–H groups in total. The summed E-state index contributed by atoms with van der Waals surface area (Å²) in [7, 11) is 2.96. The number of oxime groups is 1. The fourth-order valence-corrected chi connectivity index (χ4v) is 4.18. The average molecular weight is 526 g/mol. The lowest BCUT2D eigenvalue weighted by Gasteiger charge is -2.19. The number of hydrazone groups is 1. The lowest BCUT2D eigenvalue weighted by Crippen LogP contribution is -2.19. The highest BCUT2D eigenvalue weighted by Crippen LogP contribution is 2.52. The summed E-state index contributed by atoms with van der Waals surface area (Å²) in [4.78, 5) is 18.1. The van der Waals surface area contributed by atoms with Gasteiger partial charge in [0.05, 0.1) is 26.1 Å². The molecule has 3 aromatic rings. The molecule has 2 aromatic carbocycles. The van der Waals surface area contributed by atoms with Gasteiger partial charge in [-0.05, 0) is 17.7 Å². The Hall–Kier alpha value is -4.65. The quantitative estimate of drug-likeness (QED) is 0.317. The normalized spacial score (nSPS) is 15.9. The Labute approximate surface area is 215 Å². The average Bonchev–Trinajstić information content (AvgIpc) is 3.70. The number of amides is 1. The number of nitrogens with one attached hydrogen (secondary N) is 1. The Balaban J connectivity index is 1.43. The van der Waals surface area contributed by atoms with Crippen LogP contribution < -0.4 is 24.4 Å². The van der Waals surface area contributed by atoms with E-state index in [1.54, 1.807) is 12.1 Å². The summed E-state index contributed by atoms with van der Waals surface area (Å²) in [6, 6.07) is 7.32. The van der Waals surface area contributed by atoms with Gasteiger partial charge in [0, 0.05) is 30.0 Å². The van der Waals surface area contributed by atoms with Gasteiger partial charge in [-0.1, -0.05) is 22.4 Å². The standard InChI is InChI=1S/C25H23FN4O8/c1-33-21-17(7-15-8-19(29-37-15)13-3-5-14(26)6-4-13)18(22(34-2)24-23(21)35-12-36-24)10-27-28-25(32)20-9-16(11-31)38-30-20/h3-6,9-10,15,31H,7-8,11-12H2,1-2H3,(H,28,32)/b27-10-/t15-/m1/s1. The van der Waals surface area contributed by atoms with Crippen LogP contribution in [0.2, 0.25) is 0 Å². The van der Waals surface area contributed by atoms with E-state index in [4.69, 9.17) is 33.4 Å². The lowest BCUT2D eigenvalue weighted by molar-refractivity contribution is 0.0852. The van der Waals surface area contributed by atoms with E-state index in [9.17, 15) is 9.18 Å². The van der Waals surface area contributed by atoms with Crippen LogP contribution >= 0.6 is 0 Å². The van der Waals surface area contributed by atoms with Crippen LogP contribution in [0.4, 0.5) is 4.39 Å². The predicted octanol–water partition coefficient (Wildman–Crippen LogP) is 2.55. The van der Waals surface area contributed by atoms with Gasteiger partial charge in [0.2, 0.25) is 18.3 Å². The number of fused-ring (bicyclic) bond motifs is 1. The van der Waals surface area contributed by atoms with Crippen molar-refractivity contribution in [2.45, 2.75) is 25.6 Å². The molecule has 2 aliphatic rings. The summed E-state index contributed by atoms with van der Waals surface area (Å²) in [5.74, 6) is 0.590. The van der Waals surface area contributed by atoms with Crippen molar-refractivity contribution in [3.8, 4) is 23.0 Å². The number of hydrogen-bond acceptors (Lipinski definition) is 11. The van der Waals surface area contributed by atoms with E-state index in [1.165, 1.54) is 38.6 Å². The number of ether oxygens (including phenoxy) is 4. The van der Waals surface area contributed by atoms with Crippen LogP contribution in [0.5, 0.6) is 23.0 Å². The molecule has 38 heavy (non-hydrogen) atoms. The van der Waals surface area contributed by atoms with Crippen molar-refractivity contribution in [2.75, 3.05) is 21.0 Å². The van der Waals surface area contributed by atoms with Crippen molar-refractivity contribution in [1.82, 2.24) is 10.6 Å². The molecule has 0 fully saturated rings. The molecule has 1 amide bonds. The number of methoxy groups -OCH3 is 2. The number of halogens is 1. The summed E-state index contributed by atoms with van der Waals surface area (Å²) in [6.45, 7) is -0.424. The Bertz CT molecular complexity index is 1400. The lowest BCUT2D eigenvalue weighted by atomic mass is 9.95. The molecule has 0 saturated heterocycles. The van der Waals surface area contributed by atoms with Gasteiger partial charge in [-0.25, -0.2) is 9.82 Å². The number of carbonyl (C=O) groups is 1. The van der Waals surface area contributed by atoms with E-state index >= 15 is 0 Å².